The fraction of sp³-hybridized carbons (Fsp3) is 0.222. The molecule has 2 rings (SSSR count). The van der Waals surface area contributed by atoms with E-state index in [9.17, 15) is 27.2 Å². The molecular formula is C18H16F4N2O2. The molecule has 2 aromatic rings. The number of halogens is 4. The molecule has 0 spiro atoms. The number of benzene rings is 2. The van der Waals surface area contributed by atoms with Crippen LogP contribution in [0.1, 0.15) is 23.7 Å². The standard InChI is InChI=1S/C18H16F4N2O2/c1-2-9-24(18(26)11-3-5-12(19)6-4-11)10-15(25)23-14-8-7-13(20)16(21)17(14)22/h3-8H,2,9-10H2,1H3,(H,23,25). The SMILES string of the molecule is CCCN(CC(=O)Nc1ccc(F)c(F)c1F)C(=O)c1ccc(F)cc1. The predicted octanol–water partition coefficient (Wildman–Crippen LogP) is 3.73. The summed E-state index contributed by atoms with van der Waals surface area (Å²) in [6, 6.07) is 6.38. The maximum atomic E-state index is 13.6. The lowest BCUT2D eigenvalue weighted by Gasteiger charge is -2.22. The number of hydrogen-bond donors (Lipinski definition) is 1. The highest BCUT2D eigenvalue weighted by Gasteiger charge is 2.20. The van der Waals surface area contributed by atoms with Crippen LogP contribution >= 0.6 is 0 Å². The molecule has 26 heavy (non-hydrogen) atoms. The Kier molecular flexibility index (Phi) is 6.32. The molecule has 4 nitrogen and oxygen atoms in total. The molecule has 0 heterocycles. The molecule has 1 N–H and O–H groups in total. The zero-order chi connectivity index (χ0) is 19.3. The van der Waals surface area contributed by atoms with E-state index in [1.54, 1.807) is 6.92 Å². The summed E-state index contributed by atoms with van der Waals surface area (Å²) in [5.41, 5.74) is -0.341. The first kappa shape index (κ1) is 19.4. The van der Waals surface area contributed by atoms with E-state index >= 15 is 0 Å². The minimum Gasteiger partial charge on any atom is -0.329 e. The van der Waals surface area contributed by atoms with E-state index in [1.807, 2.05) is 0 Å². The van der Waals surface area contributed by atoms with E-state index in [4.69, 9.17) is 0 Å². The Balaban J connectivity index is 2.11. The highest BCUT2D eigenvalue weighted by atomic mass is 19.2. The van der Waals surface area contributed by atoms with Crippen molar-refractivity contribution in [3.63, 3.8) is 0 Å². The normalized spacial score (nSPS) is 10.5. The number of nitrogens with zero attached hydrogens (tertiary/aromatic N) is 1. The molecule has 0 saturated heterocycles. The van der Waals surface area contributed by atoms with Crippen molar-refractivity contribution < 1.29 is 27.2 Å². The van der Waals surface area contributed by atoms with Crippen molar-refractivity contribution in [1.82, 2.24) is 4.90 Å². The molecule has 0 aliphatic carbocycles. The van der Waals surface area contributed by atoms with Gasteiger partial charge in [-0.3, -0.25) is 9.59 Å². The fourth-order valence-corrected chi connectivity index (χ4v) is 2.28. The van der Waals surface area contributed by atoms with Crippen LogP contribution in [-0.2, 0) is 4.79 Å². The number of nitrogens with one attached hydrogen (secondary N) is 1. The highest BCUT2D eigenvalue weighted by Crippen LogP contribution is 2.19. The minimum absolute atomic E-state index is 0.187. The van der Waals surface area contributed by atoms with Gasteiger partial charge in [0.25, 0.3) is 5.91 Å². The smallest absolute Gasteiger partial charge is 0.254 e. The van der Waals surface area contributed by atoms with Crippen LogP contribution in [0.3, 0.4) is 0 Å². The zero-order valence-corrected chi connectivity index (χ0v) is 13.9. The van der Waals surface area contributed by atoms with Gasteiger partial charge in [0, 0.05) is 12.1 Å². The van der Waals surface area contributed by atoms with Gasteiger partial charge < -0.3 is 10.2 Å². The monoisotopic (exact) mass is 368 g/mol. The molecule has 0 aromatic heterocycles. The van der Waals surface area contributed by atoms with Crippen LogP contribution in [0.25, 0.3) is 0 Å². The molecule has 2 aromatic carbocycles. The lowest BCUT2D eigenvalue weighted by Crippen LogP contribution is -2.38. The van der Waals surface area contributed by atoms with Crippen LogP contribution in [0.15, 0.2) is 36.4 Å². The third kappa shape index (κ3) is 4.59. The first-order valence-electron chi connectivity index (χ1n) is 7.81. The van der Waals surface area contributed by atoms with E-state index in [-0.39, 0.29) is 12.1 Å². The van der Waals surface area contributed by atoms with Gasteiger partial charge in [-0.15, -0.1) is 0 Å². The molecule has 0 unspecified atom stereocenters. The summed E-state index contributed by atoms with van der Waals surface area (Å²) in [6.07, 6.45) is 0.541. The number of carbonyl (C=O) groups excluding carboxylic acids is 2. The van der Waals surface area contributed by atoms with Crippen molar-refractivity contribution in [2.75, 3.05) is 18.4 Å². The third-order valence-electron chi connectivity index (χ3n) is 3.52. The molecule has 0 aliphatic rings. The molecule has 0 radical (unpaired) electrons. The third-order valence-corrected chi connectivity index (χ3v) is 3.52. The minimum atomic E-state index is -1.70. The second kappa shape index (κ2) is 8.46. The Morgan fingerprint density at radius 2 is 1.62 bits per heavy atom. The van der Waals surface area contributed by atoms with E-state index < -0.39 is 47.3 Å². The summed E-state index contributed by atoms with van der Waals surface area (Å²) in [4.78, 5) is 25.7. The second-order valence-corrected chi connectivity index (χ2v) is 5.50. The number of amides is 2. The van der Waals surface area contributed by atoms with Crippen molar-refractivity contribution in [3.8, 4) is 0 Å². The second-order valence-electron chi connectivity index (χ2n) is 5.50. The predicted molar refractivity (Wildman–Crippen MR) is 87.5 cm³/mol. The van der Waals surface area contributed by atoms with Crippen molar-refractivity contribution in [1.29, 1.82) is 0 Å². The van der Waals surface area contributed by atoms with Gasteiger partial charge in [0.1, 0.15) is 12.4 Å². The van der Waals surface area contributed by atoms with Gasteiger partial charge in [0.15, 0.2) is 17.5 Å². The number of anilines is 1. The molecule has 0 saturated carbocycles. The summed E-state index contributed by atoms with van der Waals surface area (Å²) in [6.45, 7) is 1.59. The first-order chi connectivity index (χ1) is 12.3. The lowest BCUT2D eigenvalue weighted by atomic mass is 10.2. The number of hydrogen-bond acceptors (Lipinski definition) is 2. The Labute approximate surface area is 147 Å². The maximum Gasteiger partial charge on any atom is 0.254 e. The largest absolute Gasteiger partial charge is 0.329 e. The summed E-state index contributed by atoms with van der Waals surface area (Å²) in [5.74, 6) is -6.39. The van der Waals surface area contributed by atoms with E-state index in [1.165, 1.54) is 17.0 Å². The molecule has 2 amide bonds. The van der Waals surface area contributed by atoms with Crippen LogP contribution in [0.4, 0.5) is 23.2 Å². The Morgan fingerprint density at radius 3 is 2.23 bits per heavy atom. The van der Waals surface area contributed by atoms with Crippen LogP contribution in [0.5, 0.6) is 0 Å². The Morgan fingerprint density at radius 1 is 0.962 bits per heavy atom. The van der Waals surface area contributed by atoms with Gasteiger partial charge in [-0.25, -0.2) is 17.6 Å². The van der Waals surface area contributed by atoms with Gasteiger partial charge >= 0.3 is 0 Å². The molecule has 0 aliphatic heterocycles. The van der Waals surface area contributed by atoms with Crippen LogP contribution in [0, 0.1) is 23.3 Å². The van der Waals surface area contributed by atoms with Gasteiger partial charge in [-0.05, 0) is 42.8 Å². The quantitative estimate of drug-likeness (QED) is 0.624. The molecule has 0 fully saturated rings. The molecule has 8 heteroatoms. The summed E-state index contributed by atoms with van der Waals surface area (Å²) in [5, 5.41) is 2.11. The Bertz CT molecular complexity index is 810. The average Bonchev–Trinajstić information content (AvgIpc) is 2.62. The average molecular weight is 368 g/mol. The summed E-state index contributed by atoms with van der Waals surface area (Å²) in [7, 11) is 0. The molecule has 0 atom stereocenters. The highest BCUT2D eigenvalue weighted by molar-refractivity contribution is 5.99. The molecular weight excluding hydrogens is 352 g/mol. The zero-order valence-electron chi connectivity index (χ0n) is 13.9. The van der Waals surface area contributed by atoms with Gasteiger partial charge in [0.05, 0.1) is 5.69 Å². The van der Waals surface area contributed by atoms with Gasteiger partial charge in [0.2, 0.25) is 5.91 Å². The molecule has 0 bridgehead atoms. The van der Waals surface area contributed by atoms with Crippen LogP contribution < -0.4 is 5.32 Å². The lowest BCUT2D eigenvalue weighted by molar-refractivity contribution is -0.116. The Hall–Kier alpha value is -2.90. The maximum absolute atomic E-state index is 13.6. The van der Waals surface area contributed by atoms with Crippen LogP contribution in [0.2, 0.25) is 0 Å². The number of carbonyl (C=O) groups is 2. The first-order valence-corrected chi connectivity index (χ1v) is 7.81. The van der Waals surface area contributed by atoms with Crippen LogP contribution in [-0.4, -0.2) is 29.8 Å². The summed E-state index contributed by atoms with van der Waals surface area (Å²) < 4.78 is 52.7. The van der Waals surface area contributed by atoms with E-state index in [2.05, 4.69) is 5.32 Å². The van der Waals surface area contributed by atoms with Crippen molar-refractivity contribution in [2.24, 2.45) is 0 Å². The molecule has 138 valence electrons. The summed E-state index contributed by atoms with van der Waals surface area (Å²) >= 11 is 0. The van der Waals surface area contributed by atoms with Crippen molar-refractivity contribution in [2.45, 2.75) is 13.3 Å². The fourth-order valence-electron chi connectivity index (χ4n) is 2.28. The van der Waals surface area contributed by atoms with Crippen molar-refractivity contribution >= 4 is 17.5 Å². The van der Waals surface area contributed by atoms with E-state index in [0.29, 0.717) is 12.5 Å². The topological polar surface area (TPSA) is 49.4 Å². The van der Waals surface area contributed by atoms with Gasteiger partial charge in [-0.2, -0.15) is 0 Å². The van der Waals surface area contributed by atoms with Crippen molar-refractivity contribution in [3.05, 3.63) is 65.2 Å². The number of rotatable bonds is 6. The van der Waals surface area contributed by atoms with E-state index in [0.717, 1.165) is 18.2 Å². The van der Waals surface area contributed by atoms with Gasteiger partial charge in [-0.1, -0.05) is 6.92 Å².